The molecular formula is C14H34Cl4N4. The maximum absolute atomic E-state index is 6.12. The Morgan fingerprint density at radius 3 is 1.23 bits per heavy atom. The van der Waals surface area contributed by atoms with Crippen LogP contribution < -0.4 is 22.1 Å². The van der Waals surface area contributed by atoms with Gasteiger partial charge in [0.15, 0.2) is 0 Å². The molecule has 0 heterocycles. The van der Waals surface area contributed by atoms with E-state index in [9.17, 15) is 0 Å². The van der Waals surface area contributed by atoms with Crippen molar-refractivity contribution in [1.29, 1.82) is 0 Å². The van der Waals surface area contributed by atoms with Crippen molar-refractivity contribution in [3.05, 3.63) is 0 Å². The third kappa shape index (κ3) is 9.33. The highest BCUT2D eigenvalue weighted by Crippen LogP contribution is 2.17. The van der Waals surface area contributed by atoms with Crippen LogP contribution in [-0.4, -0.2) is 37.3 Å². The van der Waals surface area contributed by atoms with Gasteiger partial charge in [-0.1, -0.05) is 25.7 Å². The van der Waals surface area contributed by atoms with Crippen molar-refractivity contribution in [3.63, 3.8) is 0 Å². The van der Waals surface area contributed by atoms with Gasteiger partial charge < -0.3 is 22.1 Å². The molecule has 4 atom stereocenters. The van der Waals surface area contributed by atoms with Crippen LogP contribution in [0.3, 0.4) is 0 Å². The topological polar surface area (TPSA) is 76.1 Å². The first kappa shape index (κ1) is 27.8. The summed E-state index contributed by atoms with van der Waals surface area (Å²) < 4.78 is 0. The Balaban J connectivity index is -0.000000902. The van der Waals surface area contributed by atoms with Crippen molar-refractivity contribution in [2.24, 2.45) is 11.5 Å². The number of nitrogens with one attached hydrogen (secondary N) is 2. The minimum absolute atomic E-state index is 0. The highest BCUT2D eigenvalue weighted by Gasteiger charge is 2.22. The summed E-state index contributed by atoms with van der Waals surface area (Å²) in [7, 11) is 0. The number of hydrogen-bond donors (Lipinski definition) is 4. The van der Waals surface area contributed by atoms with Gasteiger partial charge in [0.05, 0.1) is 0 Å². The summed E-state index contributed by atoms with van der Waals surface area (Å²) in [5.74, 6) is 0. The minimum atomic E-state index is 0. The summed E-state index contributed by atoms with van der Waals surface area (Å²) in [6, 6.07) is 1.77. The highest BCUT2D eigenvalue weighted by molar-refractivity contribution is 5.86. The Kier molecular flexibility index (Phi) is 19.6. The van der Waals surface area contributed by atoms with E-state index in [1.54, 1.807) is 0 Å². The fourth-order valence-electron chi connectivity index (χ4n) is 3.34. The lowest BCUT2D eigenvalue weighted by Gasteiger charge is -2.31. The molecule has 2 saturated carbocycles. The van der Waals surface area contributed by atoms with E-state index in [1.807, 2.05) is 0 Å². The summed E-state index contributed by atoms with van der Waals surface area (Å²) in [6.07, 6.45) is 10.1. The number of nitrogens with two attached hydrogens (primary N) is 2. The average Bonchev–Trinajstić information content (AvgIpc) is 2.38. The van der Waals surface area contributed by atoms with Crippen molar-refractivity contribution in [1.82, 2.24) is 10.6 Å². The second kappa shape index (κ2) is 15.5. The zero-order chi connectivity index (χ0) is 12.8. The zero-order valence-corrected chi connectivity index (χ0v) is 16.4. The summed E-state index contributed by atoms with van der Waals surface area (Å²) >= 11 is 0. The maximum atomic E-state index is 6.12. The second-order valence-corrected chi connectivity index (χ2v) is 6.02. The van der Waals surface area contributed by atoms with Gasteiger partial charge in [-0.25, -0.2) is 0 Å². The molecule has 4 nitrogen and oxygen atoms in total. The molecule has 2 rings (SSSR count). The normalized spacial score (nSPS) is 30.8. The molecule has 0 aliphatic heterocycles. The molecule has 2 aliphatic rings. The van der Waals surface area contributed by atoms with Crippen LogP contribution in [0.4, 0.5) is 0 Å². The van der Waals surface area contributed by atoms with Gasteiger partial charge >= 0.3 is 0 Å². The SMILES string of the molecule is Cl.Cl.Cl.Cl.NC1CCCCC1NCCN[C@@H]1CCCC[C@H]1N. The zero-order valence-electron chi connectivity index (χ0n) is 13.2. The third-order valence-electron chi connectivity index (χ3n) is 4.58. The van der Waals surface area contributed by atoms with Crippen LogP contribution in [0.25, 0.3) is 0 Å². The molecule has 22 heavy (non-hydrogen) atoms. The van der Waals surface area contributed by atoms with Crippen LogP contribution in [0.15, 0.2) is 0 Å². The van der Waals surface area contributed by atoms with Gasteiger partial charge in [-0.3, -0.25) is 0 Å². The summed E-state index contributed by atoms with van der Waals surface area (Å²) in [5.41, 5.74) is 12.2. The Morgan fingerprint density at radius 1 is 0.591 bits per heavy atom. The van der Waals surface area contributed by atoms with Gasteiger partial charge in [0.2, 0.25) is 0 Å². The highest BCUT2D eigenvalue weighted by atomic mass is 35.5. The van der Waals surface area contributed by atoms with Gasteiger partial charge in [-0.05, 0) is 25.7 Å². The molecular weight excluding hydrogens is 366 g/mol. The molecule has 0 aromatic heterocycles. The van der Waals surface area contributed by atoms with Crippen molar-refractivity contribution in [2.75, 3.05) is 13.1 Å². The Bertz CT molecular complexity index is 225. The fourth-order valence-corrected chi connectivity index (χ4v) is 3.34. The smallest absolute Gasteiger partial charge is 0.0219 e. The number of halogens is 4. The molecule has 2 fully saturated rings. The Morgan fingerprint density at radius 2 is 0.909 bits per heavy atom. The largest absolute Gasteiger partial charge is 0.326 e. The third-order valence-corrected chi connectivity index (χ3v) is 4.58. The summed E-state index contributed by atoms with van der Waals surface area (Å²) in [5, 5.41) is 7.19. The van der Waals surface area contributed by atoms with Crippen LogP contribution in [0, 0.1) is 0 Å². The van der Waals surface area contributed by atoms with E-state index >= 15 is 0 Å². The first-order chi connectivity index (χ1) is 8.77. The molecule has 2 aliphatic carbocycles. The second-order valence-electron chi connectivity index (χ2n) is 6.02. The van der Waals surface area contributed by atoms with Crippen molar-refractivity contribution < 1.29 is 0 Å². The minimum Gasteiger partial charge on any atom is -0.326 e. The average molecular weight is 400 g/mol. The Labute approximate surface area is 160 Å². The molecule has 2 unspecified atom stereocenters. The predicted molar refractivity (Wildman–Crippen MR) is 105 cm³/mol. The predicted octanol–water partition coefficient (Wildman–Crippen LogP) is 2.39. The molecule has 0 amide bonds. The summed E-state index contributed by atoms with van der Waals surface area (Å²) in [4.78, 5) is 0. The number of rotatable bonds is 5. The number of hydrogen-bond acceptors (Lipinski definition) is 4. The standard InChI is InChI=1S/C14H30N4.4ClH/c15-11-5-1-3-7-13(11)17-9-10-18-14-8-4-2-6-12(14)16;;;;/h11-14,17-18H,1-10,15-16H2;4*1H/t11-,12?,13-,14?;;;;/m1..../s1. The van der Waals surface area contributed by atoms with Gasteiger partial charge in [-0.2, -0.15) is 0 Å². The lowest BCUT2D eigenvalue weighted by atomic mass is 9.90. The van der Waals surface area contributed by atoms with E-state index < -0.39 is 0 Å². The van der Waals surface area contributed by atoms with Crippen LogP contribution in [0.1, 0.15) is 51.4 Å². The Hall–Kier alpha value is 1.000. The van der Waals surface area contributed by atoms with Crippen LogP contribution in [0.2, 0.25) is 0 Å². The van der Waals surface area contributed by atoms with Crippen LogP contribution in [0.5, 0.6) is 0 Å². The first-order valence-corrected chi connectivity index (χ1v) is 7.75. The molecule has 0 aromatic carbocycles. The van der Waals surface area contributed by atoms with Crippen molar-refractivity contribution >= 4 is 49.6 Å². The molecule has 8 heteroatoms. The first-order valence-electron chi connectivity index (χ1n) is 7.75. The molecule has 138 valence electrons. The molecule has 0 saturated heterocycles. The quantitative estimate of drug-likeness (QED) is 0.535. The van der Waals surface area contributed by atoms with Crippen LogP contribution >= 0.6 is 49.6 Å². The van der Waals surface area contributed by atoms with Crippen molar-refractivity contribution in [3.8, 4) is 0 Å². The maximum Gasteiger partial charge on any atom is 0.0219 e. The molecule has 0 bridgehead atoms. The van der Waals surface area contributed by atoms with Gasteiger partial charge in [0, 0.05) is 37.3 Å². The lowest BCUT2D eigenvalue weighted by molar-refractivity contribution is 0.306. The molecule has 0 spiro atoms. The van der Waals surface area contributed by atoms with Gasteiger partial charge in [0.25, 0.3) is 0 Å². The van der Waals surface area contributed by atoms with E-state index in [0.29, 0.717) is 24.2 Å². The van der Waals surface area contributed by atoms with Crippen molar-refractivity contribution in [2.45, 2.75) is 75.5 Å². The summed E-state index contributed by atoms with van der Waals surface area (Å²) in [6.45, 7) is 2.03. The van der Waals surface area contributed by atoms with E-state index in [-0.39, 0.29) is 49.6 Å². The molecule has 6 N–H and O–H groups in total. The van der Waals surface area contributed by atoms with E-state index in [1.165, 1.54) is 51.4 Å². The molecule has 0 aromatic rings. The fraction of sp³-hybridized carbons (Fsp3) is 1.00. The van der Waals surface area contributed by atoms with E-state index in [4.69, 9.17) is 11.5 Å². The van der Waals surface area contributed by atoms with Gasteiger partial charge in [0.1, 0.15) is 0 Å². The van der Waals surface area contributed by atoms with E-state index in [0.717, 1.165) is 13.1 Å². The lowest BCUT2D eigenvalue weighted by Crippen LogP contribution is -2.51. The monoisotopic (exact) mass is 398 g/mol. The van der Waals surface area contributed by atoms with Gasteiger partial charge in [-0.15, -0.1) is 49.6 Å². The van der Waals surface area contributed by atoms with E-state index in [2.05, 4.69) is 10.6 Å². The molecule has 0 radical (unpaired) electrons. The van der Waals surface area contributed by atoms with Crippen LogP contribution in [-0.2, 0) is 0 Å².